The zero-order chi connectivity index (χ0) is 16.7. The fourth-order valence-corrected chi connectivity index (χ4v) is 2.80. The first-order valence-electron chi connectivity index (χ1n) is 7.07. The highest BCUT2D eigenvalue weighted by molar-refractivity contribution is 14.0. The predicted octanol–water partition coefficient (Wildman–Crippen LogP) is 4.68. The molecule has 0 atom stereocenters. The molecule has 0 aliphatic carbocycles. The van der Waals surface area contributed by atoms with E-state index in [-0.39, 0.29) is 24.0 Å². The van der Waals surface area contributed by atoms with E-state index in [1.165, 1.54) is 0 Å². The van der Waals surface area contributed by atoms with Crippen molar-refractivity contribution < 1.29 is 0 Å². The molecule has 0 radical (unpaired) electrons. The number of nitrogens with one attached hydrogen (secondary N) is 2. The fourth-order valence-electron chi connectivity index (χ4n) is 1.94. The van der Waals surface area contributed by atoms with Gasteiger partial charge in [-0.1, -0.05) is 51.3 Å². The van der Waals surface area contributed by atoms with E-state index in [1.807, 2.05) is 24.3 Å². The second kappa shape index (κ2) is 11.1. The highest BCUT2D eigenvalue weighted by Crippen LogP contribution is 2.21. The molecule has 0 amide bonds. The van der Waals surface area contributed by atoms with E-state index in [0.717, 1.165) is 39.5 Å². The van der Waals surface area contributed by atoms with Gasteiger partial charge in [0.2, 0.25) is 0 Å². The van der Waals surface area contributed by atoms with Crippen LogP contribution in [0.2, 0.25) is 10.2 Å². The van der Waals surface area contributed by atoms with Crippen molar-refractivity contribution in [2.24, 2.45) is 4.99 Å². The Bertz CT molecular complexity index is 680. The van der Waals surface area contributed by atoms with Gasteiger partial charge >= 0.3 is 0 Å². The van der Waals surface area contributed by atoms with Gasteiger partial charge in [-0.05, 0) is 35.7 Å². The first-order valence-corrected chi connectivity index (χ1v) is 8.62. The summed E-state index contributed by atoms with van der Waals surface area (Å²) in [6, 6.07) is 9.58. The second-order valence-corrected chi connectivity index (χ2v) is 6.54. The Morgan fingerprint density at radius 2 is 2.00 bits per heavy atom. The van der Waals surface area contributed by atoms with Crippen molar-refractivity contribution in [3.05, 3.63) is 62.3 Å². The summed E-state index contributed by atoms with van der Waals surface area (Å²) in [5.41, 5.74) is 2.13. The molecule has 1 heterocycles. The first kappa shape index (κ1) is 21.5. The van der Waals surface area contributed by atoms with Crippen molar-refractivity contribution in [2.45, 2.75) is 13.0 Å². The Morgan fingerprint density at radius 1 is 1.21 bits per heavy atom. The smallest absolute Gasteiger partial charge is 0.191 e. The van der Waals surface area contributed by atoms with Crippen LogP contribution < -0.4 is 10.6 Å². The quantitative estimate of drug-likeness (QED) is 0.249. The molecule has 0 fully saturated rings. The summed E-state index contributed by atoms with van der Waals surface area (Å²) in [5, 5.41) is 7.73. The van der Waals surface area contributed by atoms with Crippen molar-refractivity contribution in [1.29, 1.82) is 0 Å². The largest absolute Gasteiger partial charge is 0.356 e. The Balaban J connectivity index is 0.00000288. The van der Waals surface area contributed by atoms with Crippen molar-refractivity contribution in [3.63, 3.8) is 0 Å². The third-order valence-electron chi connectivity index (χ3n) is 3.18. The second-order valence-electron chi connectivity index (χ2n) is 4.83. The van der Waals surface area contributed by atoms with Crippen molar-refractivity contribution in [3.8, 4) is 0 Å². The molecule has 4 nitrogen and oxygen atoms in total. The lowest BCUT2D eigenvalue weighted by Crippen LogP contribution is -2.37. The molecule has 0 spiro atoms. The molecule has 2 rings (SSSR count). The van der Waals surface area contributed by atoms with Gasteiger partial charge in [0.1, 0.15) is 5.15 Å². The number of rotatable bonds is 5. The van der Waals surface area contributed by atoms with Gasteiger partial charge in [0.15, 0.2) is 5.96 Å². The standard InChI is InChI=1S/C16H17BrCl2N4.HI/c1-20-16(21-7-6-11-2-5-15(19)22-9-11)23-10-12-3-4-13(17)8-14(12)18;/h2-5,8-9H,6-7,10H2,1H3,(H2,20,21,23);1H. The first-order chi connectivity index (χ1) is 11.1. The Labute approximate surface area is 177 Å². The molecule has 0 saturated heterocycles. The monoisotopic (exact) mass is 542 g/mol. The number of nitrogens with zero attached hydrogens (tertiary/aromatic N) is 2. The van der Waals surface area contributed by atoms with Crippen molar-refractivity contribution in [2.75, 3.05) is 13.6 Å². The molecule has 130 valence electrons. The minimum atomic E-state index is 0. The molecule has 2 aromatic rings. The fraction of sp³-hybridized carbons (Fsp3) is 0.250. The minimum Gasteiger partial charge on any atom is -0.356 e. The number of hydrogen-bond acceptors (Lipinski definition) is 2. The molecule has 24 heavy (non-hydrogen) atoms. The predicted molar refractivity (Wildman–Crippen MR) is 116 cm³/mol. The van der Waals surface area contributed by atoms with Crippen molar-refractivity contribution in [1.82, 2.24) is 15.6 Å². The van der Waals surface area contributed by atoms with Crippen LogP contribution in [0.1, 0.15) is 11.1 Å². The number of hydrogen-bond donors (Lipinski definition) is 2. The molecule has 0 aliphatic rings. The zero-order valence-electron chi connectivity index (χ0n) is 13.0. The summed E-state index contributed by atoms with van der Waals surface area (Å²) in [5.74, 6) is 0.728. The van der Waals surface area contributed by atoms with Gasteiger partial charge in [-0.3, -0.25) is 4.99 Å². The summed E-state index contributed by atoms with van der Waals surface area (Å²) in [7, 11) is 1.74. The number of aliphatic imine (C=N–C) groups is 1. The summed E-state index contributed by atoms with van der Waals surface area (Å²) < 4.78 is 0.963. The number of aromatic nitrogens is 1. The van der Waals surface area contributed by atoms with Gasteiger partial charge < -0.3 is 10.6 Å². The lowest BCUT2D eigenvalue weighted by Gasteiger charge is -2.13. The number of benzene rings is 1. The van der Waals surface area contributed by atoms with Crippen LogP contribution in [0.25, 0.3) is 0 Å². The van der Waals surface area contributed by atoms with Crippen LogP contribution in [-0.2, 0) is 13.0 Å². The van der Waals surface area contributed by atoms with Crippen LogP contribution >= 0.6 is 63.1 Å². The maximum absolute atomic E-state index is 6.21. The maximum atomic E-state index is 6.21. The highest BCUT2D eigenvalue weighted by atomic mass is 127. The Morgan fingerprint density at radius 3 is 2.62 bits per heavy atom. The van der Waals surface area contributed by atoms with Crippen LogP contribution in [0, 0.1) is 0 Å². The van der Waals surface area contributed by atoms with Crippen LogP contribution in [0.4, 0.5) is 0 Å². The molecule has 0 bridgehead atoms. The number of halogens is 4. The van der Waals surface area contributed by atoms with Crippen LogP contribution in [0.5, 0.6) is 0 Å². The maximum Gasteiger partial charge on any atom is 0.191 e. The van der Waals surface area contributed by atoms with Gasteiger partial charge in [-0.25, -0.2) is 4.98 Å². The highest BCUT2D eigenvalue weighted by Gasteiger charge is 2.03. The van der Waals surface area contributed by atoms with Crippen LogP contribution in [0.3, 0.4) is 0 Å². The molecule has 1 aromatic heterocycles. The van der Waals surface area contributed by atoms with Gasteiger partial charge in [0, 0.05) is 35.8 Å². The van der Waals surface area contributed by atoms with E-state index < -0.39 is 0 Å². The van der Waals surface area contributed by atoms with E-state index in [4.69, 9.17) is 23.2 Å². The molecule has 0 saturated carbocycles. The van der Waals surface area contributed by atoms with E-state index in [0.29, 0.717) is 11.7 Å². The average molecular weight is 544 g/mol. The lowest BCUT2D eigenvalue weighted by molar-refractivity contribution is 0.793. The number of guanidine groups is 1. The normalized spacial score (nSPS) is 10.9. The molecule has 2 N–H and O–H groups in total. The third kappa shape index (κ3) is 7.13. The minimum absolute atomic E-state index is 0. The topological polar surface area (TPSA) is 49.3 Å². The third-order valence-corrected chi connectivity index (χ3v) is 4.25. The van der Waals surface area contributed by atoms with Gasteiger partial charge in [-0.2, -0.15) is 0 Å². The Hall–Kier alpha value is -0.570. The molecular weight excluding hydrogens is 526 g/mol. The van der Waals surface area contributed by atoms with Crippen molar-refractivity contribution >= 4 is 69.1 Å². The van der Waals surface area contributed by atoms with Gasteiger partial charge in [0.05, 0.1) is 0 Å². The summed E-state index contributed by atoms with van der Waals surface area (Å²) in [6.45, 7) is 1.35. The van der Waals surface area contributed by atoms with E-state index in [1.54, 1.807) is 19.3 Å². The lowest BCUT2D eigenvalue weighted by atomic mass is 10.2. The zero-order valence-corrected chi connectivity index (χ0v) is 18.5. The van der Waals surface area contributed by atoms with Gasteiger partial charge in [0.25, 0.3) is 0 Å². The van der Waals surface area contributed by atoms with E-state index in [9.17, 15) is 0 Å². The summed E-state index contributed by atoms with van der Waals surface area (Å²) in [4.78, 5) is 8.26. The average Bonchev–Trinajstić information content (AvgIpc) is 2.54. The molecule has 8 heteroatoms. The van der Waals surface area contributed by atoms with Gasteiger partial charge in [-0.15, -0.1) is 24.0 Å². The van der Waals surface area contributed by atoms with E-state index in [2.05, 4.69) is 36.5 Å². The van der Waals surface area contributed by atoms with E-state index >= 15 is 0 Å². The molecule has 1 aromatic carbocycles. The van der Waals surface area contributed by atoms with Crippen LogP contribution in [0.15, 0.2) is 46.0 Å². The molecular formula is C16H18BrCl2IN4. The Kier molecular flexibility index (Phi) is 9.95. The summed E-state index contributed by atoms with van der Waals surface area (Å²) >= 11 is 15.4. The molecule has 0 unspecified atom stereocenters. The SMILES string of the molecule is CN=C(NCCc1ccc(Cl)nc1)NCc1ccc(Br)cc1Cl.I. The summed E-state index contributed by atoms with van der Waals surface area (Å²) in [6.07, 6.45) is 2.62. The molecule has 0 aliphatic heterocycles. The number of pyridine rings is 1. The van der Waals surface area contributed by atoms with Crippen LogP contribution in [-0.4, -0.2) is 24.5 Å².